The van der Waals surface area contributed by atoms with E-state index in [1.807, 2.05) is 25.2 Å². The van der Waals surface area contributed by atoms with Crippen molar-refractivity contribution in [2.24, 2.45) is 13.0 Å². The van der Waals surface area contributed by atoms with Crippen molar-refractivity contribution in [1.82, 2.24) is 34.3 Å². The number of aromatic nitrogens is 4. The van der Waals surface area contributed by atoms with Gasteiger partial charge >= 0.3 is 12.6 Å². The molecule has 0 radical (unpaired) electrons. The quantitative estimate of drug-likeness (QED) is 0.207. The number of carbonyl (C=O) groups excluding carboxylic acids is 2. The molecule has 0 bridgehead atoms. The maximum Gasteiger partial charge on any atom is 0.387 e. The Morgan fingerprint density at radius 2 is 1.72 bits per heavy atom. The van der Waals surface area contributed by atoms with Gasteiger partial charge in [-0.15, -0.1) is 0 Å². The molecule has 5 heterocycles. The lowest BCUT2D eigenvalue weighted by Crippen LogP contribution is -2.49. The topological polar surface area (TPSA) is 155 Å². The zero-order valence-electron chi connectivity index (χ0n) is 30.3. The number of alkyl halides is 2. The van der Waals surface area contributed by atoms with Crippen molar-refractivity contribution in [3.8, 4) is 5.75 Å². The number of carbonyl (C=O) groups is 2. The van der Waals surface area contributed by atoms with E-state index in [-0.39, 0.29) is 30.1 Å². The molecule has 3 amide bonds. The summed E-state index contributed by atoms with van der Waals surface area (Å²) >= 11 is 0. The Morgan fingerprint density at radius 3 is 2.43 bits per heavy atom. The van der Waals surface area contributed by atoms with E-state index in [2.05, 4.69) is 54.4 Å². The zero-order valence-corrected chi connectivity index (χ0v) is 31.1. The van der Waals surface area contributed by atoms with Crippen molar-refractivity contribution in [3.05, 3.63) is 66.0 Å². The number of ether oxygens (including phenoxy) is 1. The van der Waals surface area contributed by atoms with E-state index in [9.17, 15) is 26.8 Å². The number of fused-ring (bicyclic) bond motifs is 1. The summed E-state index contributed by atoms with van der Waals surface area (Å²) in [6, 6.07) is 13.1. The van der Waals surface area contributed by atoms with E-state index in [1.54, 1.807) is 16.8 Å². The van der Waals surface area contributed by atoms with Gasteiger partial charge in [-0.25, -0.2) is 23.2 Å². The minimum Gasteiger partial charge on any atom is -0.432 e. The highest BCUT2D eigenvalue weighted by atomic mass is 32.2. The van der Waals surface area contributed by atoms with Gasteiger partial charge in [0.2, 0.25) is 21.9 Å². The van der Waals surface area contributed by atoms with Gasteiger partial charge in [-0.2, -0.15) is 18.2 Å². The van der Waals surface area contributed by atoms with Crippen molar-refractivity contribution >= 4 is 44.6 Å². The van der Waals surface area contributed by atoms with Gasteiger partial charge in [0, 0.05) is 51.1 Å². The first kappa shape index (κ1) is 37.6. The van der Waals surface area contributed by atoms with E-state index in [1.165, 1.54) is 27.2 Å². The number of nitrogens with zero attached hydrogens (tertiary/aromatic N) is 7. The van der Waals surface area contributed by atoms with Gasteiger partial charge < -0.3 is 15.0 Å². The number of hydrogen-bond donors (Lipinski definition) is 2. The van der Waals surface area contributed by atoms with Crippen LogP contribution < -0.4 is 20.3 Å². The molecule has 54 heavy (non-hydrogen) atoms. The number of nitrogens with one attached hydrogen (secondary N) is 2. The molecule has 0 aliphatic carbocycles. The minimum atomic E-state index is -3.68. The summed E-state index contributed by atoms with van der Waals surface area (Å²) < 4.78 is 59.7. The van der Waals surface area contributed by atoms with Crippen LogP contribution in [0.5, 0.6) is 5.75 Å². The molecule has 7 rings (SSSR count). The molecule has 14 nitrogen and oxygen atoms in total. The van der Waals surface area contributed by atoms with Crippen LogP contribution in [0.3, 0.4) is 0 Å². The van der Waals surface area contributed by atoms with E-state index >= 15 is 0 Å². The Balaban J connectivity index is 0.889. The molecular formula is C37H45F2N9O5S. The number of piperidine rings is 2. The Hall–Kier alpha value is -4.74. The molecule has 3 saturated heterocycles. The number of benzene rings is 2. The molecule has 3 fully saturated rings. The van der Waals surface area contributed by atoms with Crippen molar-refractivity contribution in [2.75, 3.05) is 49.5 Å². The molecule has 3 aliphatic rings. The first-order chi connectivity index (χ1) is 25.9. The summed E-state index contributed by atoms with van der Waals surface area (Å²) in [5.41, 5.74) is 3.20. The number of halogens is 2. The monoisotopic (exact) mass is 765 g/mol. The highest BCUT2D eigenvalue weighted by Crippen LogP contribution is 2.34. The van der Waals surface area contributed by atoms with Crippen LogP contribution in [0.2, 0.25) is 0 Å². The van der Waals surface area contributed by atoms with Crippen LogP contribution in [0.25, 0.3) is 10.9 Å². The van der Waals surface area contributed by atoms with Gasteiger partial charge in [0.15, 0.2) is 11.6 Å². The Bertz CT molecular complexity index is 2080. The van der Waals surface area contributed by atoms with Gasteiger partial charge in [0.1, 0.15) is 0 Å². The second-order valence-electron chi connectivity index (χ2n) is 14.5. The summed E-state index contributed by atoms with van der Waals surface area (Å²) in [5, 5.41) is 11.0. The molecule has 2 aromatic heterocycles. The fourth-order valence-corrected chi connectivity index (χ4v) is 9.33. The minimum absolute atomic E-state index is 0.0567. The first-order valence-electron chi connectivity index (χ1n) is 18.4. The number of rotatable bonds is 12. The number of amides is 3. The maximum absolute atomic E-state index is 13.6. The predicted molar refractivity (Wildman–Crippen MR) is 198 cm³/mol. The fourth-order valence-electron chi connectivity index (χ4n) is 7.79. The Kier molecular flexibility index (Phi) is 11.1. The van der Waals surface area contributed by atoms with Crippen LogP contribution in [-0.4, -0.2) is 101 Å². The molecule has 0 saturated carbocycles. The van der Waals surface area contributed by atoms with Crippen LogP contribution >= 0.6 is 0 Å². The lowest BCUT2D eigenvalue weighted by atomic mass is 9.88. The molecule has 3 aliphatic heterocycles. The van der Waals surface area contributed by atoms with Crippen LogP contribution in [0.4, 0.5) is 25.3 Å². The van der Waals surface area contributed by atoms with E-state index in [0.29, 0.717) is 55.0 Å². The summed E-state index contributed by atoms with van der Waals surface area (Å²) in [5.74, 6) is 1.17. The number of hydrogen-bond acceptors (Lipinski definition) is 10. The molecule has 288 valence electrons. The third-order valence-corrected chi connectivity index (χ3v) is 12.5. The summed E-state index contributed by atoms with van der Waals surface area (Å²) in [6.45, 7) is 3.08. The third-order valence-electron chi connectivity index (χ3n) is 10.6. The van der Waals surface area contributed by atoms with Gasteiger partial charge in [-0.3, -0.25) is 19.7 Å². The van der Waals surface area contributed by atoms with Crippen LogP contribution in [0.1, 0.15) is 56.1 Å². The lowest BCUT2D eigenvalue weighted by molar-refractivity contribution is -0.120. The molecule has 0 spiro atoms. The Morgan fingerprint density at radius 1 is 0.981 bits per heavy atom. The Labute approximate surface area is 312 Å². The molecule has 17 heteroatoms. The molecule has 1 unspecified atom stereocenters. The van der Waals surface area contributed by atoms with E-state index < -0.39 is 22.7 Å². The summed E-state index contributed by atoms with van der Waals surface area (Å²) in [4.78, 5) is 36.5. The highest BCUT2D eigenvalue weighted by molar-refractivity contribution is 7.89. The number of likely N-dealkylation sites (tertiary alicyclic amines) is 1. The van der Waals surface area contributed by atoms with Gasteiger partial charge in [0.25, 0.3) is 0 Å². The average molecular weight is 766 g/mol. The number of aryl methyl sites for hydroxylation is 1. The van der Waals surface area contributed by atoms with Crippen LogP contribution in [0.15, 0.2) is 59.8 Å². The predicted octanol–water partition coefficient (Wildman–Crippen LogP) is 4.73. The molecular weight excluding hydrogens is 721 g/mol. The van der Waals surface area contributed by atoms with E-state index in [0.717, 1.165) is 55.4 Å². The van der Waals surface area contributed by atoms with Gasteiger partial charge in [0.05, 0.1) is 22.8 Å². The second-order valence-corrected chi connectivity index (χ2v) is 16.4. The van der Waals surface area contributed by atoms with E-state index in [4.69, 9.17) is 0 Å². The van der Waals surface area contributed by atoms with Crippen molar-refractivity contribution < 1.29 is 31.5 Å². The molecule has 2 aromatic carbocycles. The largest absolute Gasteiger partial charge is 0.432 e. The average Bonchev–Trinajstić information content (AvgIpc) is 3.47. The van der Waals surface area contributed by atoms with Crippen molar-refractivity contribution in [3.63, 3.8) is 0 Å². The molecule has 1 atom stereocenters. The third kappa shape index (κ3) is 8.47. The van der Waals surface area contributed by atoms with Crippen LogP contribution in [-0.2, 0) is 28.3 Å². The lowest BCUT2D eigenvalue weighted by Gasteiger charge is -2.34. The maximum atomic E-state index is 13.6. The van der Waals surface area contributed by atoms with Crippen molar-refractivity contribution in [1.29, 1.82) is 0 Å². The number of urea groups is 1. The molecule has 2 N–H and O–H groups in total. The zero-order chi connectivity index (χ0) is 38.0. The van der Waals surface area contributed by atoms with Gasteiger partial charge in [-0.1, -0.05) is 25.1 Å². The van der Waals surface area contributed by atoms with Gasteiger partial charge in [-0.05, 0) is 92.4 Å². The smallest absolute Gasteiger partial charge is 0.387 e. The normalized spacial score (nSPS) is 19.0. The number of sulfonamides is 1. The first-order valence-corrected chi connectivity index (χ1v) is 19.8. The second kappa shape index (κ2) is 15.9. The summed E-state index contributed by atoms with van der Waals surface area (Å²) in [7, 11) is -1.81. The van der Waals surface area contributed by atoms with Crippen molar-refractivity contribution in [2.45, 2.75) is 68.9 Å². The number of imide groups is 1. The molecule has 4 aromatic rings. The summed E-state index contributed by atoms with van der Waals surface area (Å²) in [6.07, 6.45) is 6.50. The SMILES string of the molecule is CC(Cc1cccc(S(=O)(=O)N2CCC(Nc3ncc(OC(F)F)cn3)CC2)c1)CN1CCC(c2ccc3c(N4CCC(=O)NC4=O)nn(C)c3c2)CC1. The number of anilines is 2. The highest BCUT2D eigenvalue weighted by Gasteiger charge is 2.31. The fraction of sp³-hybridized carbons (Fsp3) is 0.486. The van der Waals surface area contributed by atoms with Crippen LogP contribution in [0, 0.1) is 5.92 Å². The standard InChI is InChI=1S/C37H45F2N9O5S/c1-24(23-46-13-8-26(9-14-46)27-6-7-31-32(20-27)45(2)44-34(31)48-17-12-33(49)43-37(48)50)18-25-4-3-5-30(19-25)54(51,52)47-15-10-28(11-16-47)42-36-40-21-29(22-41-36)53-35(38)39/h3-7,19-22,24,26,28,35H,8-18,23H2,1-2H3,(H,40,41,42)(H,43,49,50).